The standard InChI is InChI=1S/C11H13NO2/c1-8(12-13-2)11-7-9-5-3-4-6-10(9)14-11/h3-8,12H,1-2H3. The average molecular weight is 191 g/mol. The van der Waals surface area contributed by atoms with E-state index in [1.807, 2.05) is 37.3 Å². The van der Waals surface area contributed by atoms with Gasteiger partial charge in [-0.2, -0.15) is 5.48 Å². The second-order valence-electron chi connectivity index (χ2n) is 3.23. The minimum atomic E-state index is 0.0624. The van der Waals surface area contributed by atoms with E-state index in [9.17, 15) is 0 Å². The lowest BCUT2D eigenvalue weighted by Crippen LogP contribution is -2.15. The first-order valence-electron chi connectivity index (χ1n) is 4.58. The summed E-state index contributed by atoms with van der Waals surface area (Å²) in [5, 5.41) is 1.12. The zero-order valence-electron chi connectivity index (χ0n) is 8.28. The van der Waals surface area contributed by atoms with Crippen molar-refractivity contribution in [1.29, 1.82) is 0 Å². The summed E-state index contributed by atoms with van der Waals surface area (Å²) in [7, 11) is 1.60. The van der Waals surface area contributed by atoms with Gasteiger partial charge in [-0.3, -0.25) is 0 Å². The van der Waals surface area contributed by atoms with Gasteiger partial charge in [-0.05, 0) is 19.1 Å². The van der Waals surface area contributed by atoms with Gasteiger partial charge in [0, 0.05) is 5.39 Å². The molecule has 0 aliphatic carbocycles. The molecule has 0 saturated carbocycles. The number of benzene rings is 1. The molecule has 2 aromatic rings. The predicted octanol–water partition coefficient (Wildman–Crippen LogP) is 2.64. The molecule has 3 nitrogen and oxygen atoms in total. The molecule has 1 N–H and O–H groups in total. The molecule has 0 aliphatic heterocycles. The fraction of sp³-hybridized carbons (Fsp3) is 0.273. The lowest BCUT2D eigenvalue weighted by molar-refractivity contribution is 0.0600. The maximum absolute atomic E-state index is 5.64. The van der Waals surface area contributed by atoms with Crippen molar-refractivity contribution in [3.05, 3.63) is 36.1 Å². The summed E-state index contributed by atoms with van der Waals surface area (Å²) in [6.45, 7) is 1.99. The molecule has 1 atom stereocenters. The lowest BCUT2D eigenvalue weighted by atomic mass is 10.2. The Bertz CT molecular complexity index is 389. The van der Waals surface area contributed by atoms with Crippen molar-refractivity contribution in [1.82, 2.24) is 5.48 Å². The lowest BCUT2D eigenvalue weighted by Gasteiger charge is -2.07. The number of hydrogen-bond acceptors (Lipinski definition) is 3. The van der Waals surface area contributed by atoms with Crippen molar-refractivity contribution < 1.29 is 9.25 Å². The van der Waals surface area contributed by atoms with Crippen molar-refractivity contribution in [3.63, 3.8) is 0 Å². The van der Waals surface area contributed by atoms with E-state index in [4.69, 9.17) is 9.25 Å². The first-order chi connectivity index (χ1) is 6.81. The van der Waals surface area contributed by atoms with Gasteiger partial charge in [0.1, 0.15) is 11.3 Å². The smallest absolute Gasteiger partial charge is 0.134 e. The van der Waals surface area contributed by atoms with Crippen LogP contribution >= 0.6 is 0 Å². The second-order valence-corrected chi connectivity index (χ2v) is 3.23. The van der Waals surface area contributed by atoms with Gasteiger partial charge in [0.15, 0.2) is 0 Å². The summed E-state index contributed by atoms with van der Waals surface area (Å²) in [5.41, 5.74) is 3.74. The molecule has 74 valence electrons. The minimum absolute atomic E-state index is 0.0624. The van der Waals surface area contributed by atoms with Gasteiger partial charge in [0.05, 0.1) is 13.2 Å². The Morgan fingerprint density at radius 2 is 2.14 bits per heavy atom. The monoisotopic (exact) mass is 191 g/mol. The molecule has 1 heterocycles. The number of hydrogen-bond donors (Lipinski definition) is 1. The summed E-state index contributed by atoms with van der Waals surface area (Å²) in [4.78, 5) is 4.84. The van der Waals surface area contributed by atoms with Crippen LogP contribution in [-0.4, -0.2) is 7.11 Å². The highest BCUT2D eigenvalue weighted by Crippen LogP contribution is 2.23. The molecule has 0 saturated heterocycles. The molecule has 0 fully saturated rings. The molecule has 1 aromatic carbocycles. The highest BCUT2D eigenvalue weighted by molar-refractivity contribution is 5.77. The molecular weight excluding hydrogens is 178 g/mol. The van der Waals surface area contributed by atoms with Gasteiger partial charge in [0.2, 0.25) is 0 Å². The number of rotatable bonds is 3. The molecule has 0 amide bonds. The summed E-state index contributed by atoms with van der Waals surface area (Å²) >= 11 is 0. The second kappa shape index (κ2) is 3.82. The van der Waals surface area contributed by atoms with E-state index in [1.165, 1.54) is 0 Å². The normalized spacial score (nSPS) is 13.3. The Labute approximate surface area is 82.6 Å². The van der Waals surface area contributed by atoms with Crippen LogP contribution in [0.5, 0.6) is 0 Å². The van der Waals surface area contributed by atoms with Crippen LogP contribution in [-0.2, 0) is 4.84 Å². The molecule has 2 rings (SSSR count). The third-order valence-electron chi connectivity index (χ3n) is 2.17. The first kappa shape index (κ1) is 9.24. The van der Waals surface area contributed by atoms with Crippen molar-refractivity contribution in [2.24, 2.45) is 0 Å². The largest absolute Gasteiger partial charge is 0.459 e. The molecule has 14 heavy (non-hydrogen) atoms. The van der Waals surface area contributed by atoms with Crippen LogP contribution in [0.1, 0.15) is 18.7 Å². The van der Waals surface area contributed by atoms with E-state index in [0.29, 0.717) is 0 Å². The number of furan rings is 1. The number of hydroxylamine groups is 1. The Kier molecular flexibility index (Phi) is 2.52. The molecule has 0 spiro atoms. The number of para-hydroxylation sites is 1. The maximum atomic E-state index is 5.64. The number of nitrogens with one attached hydrogen (secondary N) is 1. The van der Waals surface area contributed by atoms with E-state index in [-0.39, 0.29) is 6.04 Å². The van der Waals surface area contributed by atoms with Crippen molar-refractivity contribution in [3.8, 4) is 0 Å². The van der Waals surface area contributed by atoms with E-state index >= 15 is 0 Å². The predicted molar refractivity (Wildman–Crippen MR) is 54.8 cm³/mol. The first-order valence-corrected chi connectivity index (χ1v) is 4.58. The Morgan fingerprint density at radius 1 is 1.36 bits per heavy atom. The molecule has 1 unspecified atom stereocenters. The van der Waals surface area contributed by atoms with Gasteiger partial charge in [-0.1, -0.05) is 18.2 Å². The van der Waals surface area contributed by atoms with Crippen LogP contribution in [0.3, 0.4) is 0 Å². The maximum Gasteiger partial charge on any atom is 0.134 e. The zero-order chi connectivity index (χ0) is 9.97. The van der Waals surface area contributed by atoms with Gasteiger partial charge in [-0.25, -0.2) is 0 Å². The summed E-state index contributed by atoms with van der Waals surface area (Å²) in [5.74, 6) is 0.882. The van der Waals surface area contributed by atoms with E-state index in [1.54, 1.807) is 7.11 Å². The van der Waals surface area contributed by atoms with Crippen LogP contribution in [0.25, 0.3) is 11.0 Å². The highest BCUT2D eigenvalue weighted by Gasteiger charge is 2.09. The summed E-state index contributed by atoms with van der Waals surface area (Å²) in [6.07, 6.45) is 0. The van der Waals surface area contributed by atoms with Crippen molar-refractivity contribution >= 4 is 11.0 Å². The van der Waals surface area contributed by atoms with E-state index in [0.717, 1.165) is 16.7 Å². The highest BCUT2D eigenvalue weighted by atomic mass is 16.6. The van der Waals surface area contributed by atoms with E-state index in [2.05, 4.69) is 5.48 Å². The average Bonchev–Trinajstić information content (AvgIpc) is 2.61. The van der Waals surface area contributed by atoms with Gasteiger partial charge in [-0.15, -0.1) is 0 Å². The molecule has 0 aliphatic rings. The SMILES string of the molecule is CONC(C)c1cc2ccccc2o1. The summed E-state index contributed by atoms with van der Waals surface area (Å²) in [6, 6.07) is 10.0. The topological polar surface area (TPSA) is 34.4 Å². The van der Waals surface area contributed by atoms with Crippen LogP contribution in [0, 0.1) is 0 Å². The minimum Gasteiger partial charge on any atom is -0.459 e. The van der Waals surface area contributed by atoms with Gasteiger partial charge < -0.3 is 9.25 Å². The van der Waals surface area contributed by atoms with Crippen LogP contribution in [0.15, 0.2) is 34.7 Å². The van der Waals surface area contributed by atoms with Crippen molar-refractivity contribution in [2.75, 3.05) is 7.11 Å². The van der Waals surface area contributed by atoms with Crippen LogP contribution in [0.2, 0.25) is 0 Å². The van der Waals surface area contributed by atoms with Gasteiger partial charge in [0.25, 0.3) is 0 Å². The fourth-order valence-electron chi connectivity index (χ4n) is 1.45. The third-order valence-corrected chi connectivity index (χ3v) is 2.17. The van der Waals surface area contributed by atoms with Crippen LogP contribution in [0.4, 0.5) is 0 Å². The number of fused-ring (bicyclic) bond motifs is 1. The quantitative estimate of drug-likeness (QED) is 0.757. The van der Waals surface area contributed by atoms with Gasteiger partial charge >= 0.3 is 0 Å². The zero-order valence-corrected chi connectivity index (χ0v) is 8.28. The molecule has 1 aromatic heterocycles. The third kappa shape index (κ3) is 1.64. The Hall–Kier alpha value is -1.32. The van der Waals surface area contributed by atoms with Crippen molar-refractivity contribution in [2.45, 2.75) is 13.0 Å². The van der Waals surface area contributed by atoms with E-state index < -0.39 is 0 Å². The Balaban J connectivity index is 2.35. The molecular formula is C11H13NO2. The molecule has 3 heteroatoms. The summed E-state index contributed by atoms with van der Waals surface area (Å²) < 4.78 is 5.64. The molecule has 0 bridgehead atoms. The molecule has 0 radical (unpaired) electrons. The fourth-order valence-corrected chi connectivity index (χ4v) is 1.45. The Morgan fingerprint density at radius 3 is 2.86 bits per heavy atom. The van der Waals surface area contributed by atoms with Crippen LogP contribution < -0.4 is 5.48 Å².